The van der Waals surface area contributed by atoms with Crippen LogP contribution >= 0.6 is 0 Å². The Kier molecular flexibility index (Phi) is 8.25. The maximum Gasteiger partial charge on any atom is 0.242 e. The topological polar surface area (TPSA) is 133 Å². The Morgan fingerprint density at radius 3 is 2.46 bits per heavy atom. The normalized spacial score (nSPS) is 17.9. The monoisotopic (exact) mass is 486 g/mol. The van der Waals surface area contributed by atoms with E-state index in [1.807, 2.05) is 6.07 Å². The van der Waals surface area contributed by atoms with Crippen molar-refractivity contribution in [3.8, 4) is 34.8 Å². The van der Waals surface area contributed by atoms with Crippen molar-refractivity contribution < 1.29 is 33.7 Å². The van der Waals surface area contributed by atoms with Crippen molar-refractivity contribution in [3.63, 3.8) is 0 Å². The second-order valence-corrected chi connectivity index (χ2v) is 8.52. The van der Waals surface area contributed by atoms with Crippen LogP contribution in [-0.2, 0) is 5.41 Å². The molecule has 4 atom stereocenters. The predicted molar refractivity (Wildman–Crippen MR) is 126 cm³/mol. The fourth-order valence-corrected chi connectivity index (χ4v) is 4.25. The second kappa shape index (κ2) is 11.1. The third kappa shape index (κ3) is 5.52. The number of nitro groups is 1. The quantitative estimate of drug-likeness (QED) is 0.374. The molecule has 0 aromatic heterocycles. The van der Waals surface area contributed by atoms with E-state index in [1.54, 1.807) is 37.3 Å². The van der Waals surface area contributed by atoms with E-state index < -0.39 is 28.6 Å². The molecule has 0 saturated heterocycles. The molecule has 3 rings (SSSR count). The van der Waals surface area contributed by atoms with Gasteiger partial charge in [-0.1, -0.05) is 12.1 Å². The highest BCUT2D eigenvalue weighted by Crippen LogP contribution is 2.46. The number of benzene rings is 2. The lowest BCUT2D eigenvalue weighted by Crippen LogP contribution is -2.42. The molecule has 2 aromatic carbocycles. The summed E-state index contributed by atoms with van der Waals surface area (Å²) in [5.74, 6) is 2.21. The molecule has 1 aliphatic rings. The first-order valence-corrected chi connectivity index (χ1v) is 11.2. The van der Waals surface area contributed by atoms with Crippen LogP contribution in [0.3, 0.4) is 0 Å². The summed E-state index contributed by atoms with van der Waals surface area (Å²) in [6.45, 7) is 1.84. The average Bonchev–Trinajstić information content (AvgIpc) is 2.88. The lowest BCUT2D eigenvalue weighted by Gasteiger charge is -2.29. The van der Waals surface area contributed by atoms with Gasteiger partial charge in [0.15, 0.2) is 23.0 Å². The summed E-state index contributed by atoms with van der Waals surface area (Å²) in [7, 11) is 4.42. The van der Waals surface area contributed by atoms with E-state index >= 15 is 0 Å². The maximum absolute atomic E-state index is 11.8. The van der Waals surface area contributed by atoms with Crippen LogP contribution in [0.4, 0.5) is 0 Å². The van der Waals surface area contributed by atoms with Crippen molar-refractivity contribution in [3.05, 3.63) is 52.1 Å². The number of ether oxygens (including phenoxy) is 5. The van der Waals surface area contributed by atoms with Gasteiger partial charge in [0, 0.05) is 10.5 Å². The number of para-hydroxylation sites is 2. The molecule has 10 nitrogen and oxygen atoms in total. The van der Waals surface area contributed by atoms with E-state index in [4.69, 9.17) is 23.7 Å². The molecule has 2 aromatic rings. The first-order valence-electron chi connectivity index (χ1n) is 11.2. The summed E-state index contributed by atoms with van der Waals surface area (Å²) < 4.78 is 27.7. The van der Waals surface area contributed by atoms with Gasteiger partial charge in [0.05, 0.1) is 39.2 Å². The number of hydrogen-bond acceptors (Lipinski definition) is 9. The van der Waals surface area contributed by atoms with Gasteiger partial charge in [-0.05, 0) is 44.0 Å². The predicted octanol–water partition coefficient (Wildman–Crippen LogP) is 3.51. The number of nitrogens with zero attached hydrogens (tertiary/aromatic N) is 2. The van der Waals surface area contributed by atoms with Gasteiger partial charge in [0.25, 0.3) is 0 Å². The van der Waals surface area contributed by atoms with Crippen molar-refractivity contribution in [2.45, 2.75) is 49.9 Å². The molecule has 0 spiro atoms. The molecule has 4 unspecified atom stereocenters. The number of aliphatic hydroxyl groups excluding tert-OH is 1. The van der Waals surface area contributed by atoms with Crippen LogP contribution in [0, 0.1) is 21.4 Å². The van der Waals surface area contributed by atoms with Crippen molar-refractivity contribution in [2.24, 2.45) is 0 Å². The largest absolute Gasteiger partial charge is 0.493 e. The minimum absolute atomic E-state index is 0.0113. The van der Waals surface area contributed by atoms with Crippen molar-refractivity contribution in [2.75, 3.05) is 27.9 Å². The summed E-state index contributed by atoms with van der Waals surface area (Å²) in [5, 5.41) is 32.6. The zero-order valence-electron chi connectivity index (χ0n) is 20.2. The number of hydrogen-bond donors (Lipinski definition) is 1. The number of aliphatic hydroxyl groups is 1. The van der Waals surface area contributed by atoms with Gasteiger partial charge in [-0.25, -0.2) is 0 Å². The van der Waals surface area contributed by atoms with Gasteiger partial charge in [-0.15, -0.1) is 0 Å². The van der Waals surface area contributed by atoms with E-state index in [9.17, 15) is 20.5 Å². The second-order valence-electron chi connectivity index (χ2n) is 8.52. The lowest BCUT2D eigenvalue weighted by molar-refractivity contribution is -0.537. The Bertz CT molecular complexity index is 1090. The van der Waals surface area contributed by atoms with Gasteiger partial charge in [-0.3, -0.25) is 10.1 Å². The van der Waals surface area contributed by atoms with Crippen LogP contribution < -0.4 is 23.7 Å². The van der Waals surface area contributed by atoms with Crippen molar-refractivity contribution in [1.29, 1.82) is 5.26 Å². The smallest absolute Gasteiger partial charge is 0.242 e. The molecular weight excluding hydrogens is 456 g/mol. The van der Waals surface area contributed by atoms with E-state index in [0.717, 1.165) is 0 Å². The summed E-state index contributed by atoms with van der Waals surface area (Å²) in [5.41, 5.74) is -0.582. The van der Waals surface area contributed by atoms with Crippen LogP contribution in [-0.4, -0.2) is 56.2 Å². The molecule has 10 heteroatoms. The Morgan fingerprint density at radius 2 is 1.86 bits per heavy atom. The van der Waals surface area contributed by atoms with Gasteiger partial charge >= 0.3 is 0 Å². The number of methoxy groups -OCH3 is 3. The first kappa shape index (κ1) is 25.9. The van der Waals surface area contributed by atoms with E-state index in [1.165, 1.54) is 21.3 Å². The van der Waals surface area contributed by atoms with Gasteiger partial charge in [0.2, 0.25) is 11.8 Å². The van der Waals surface area contributed by atoms with E-state index in [2.05, 4.69) is 6.07 Å². The minimum Gasteiger partial charge on any atom is -0.493 e. The molecule has 1 heterocycles. The van der Waals surface area contributed by atoms with Gasteiger partial charge in [0.1, 0.15) is 18.8 Å². The summed E-state index contributed by atoms with van der Waals surface area (Å²) in [6.07, 6.45) is -1.76. The van der Waals surface area contributed by atoms with Crippen LogP contribution in [0.25, 0.3) is 0 Å². The Hall–Kier alpha value is -3.71. The maximum atomic E-state index is 11.8. The molecule has 0 radical (unpaired) electrons. The van der Waals surface area contributed by atoms with E-state index in [0.29, 0.717) is 34.3 Å². The zero-order valence-corrected chi connectivity index (χ0v) is 20.2. The van der Waals surface area contributed by atoms with Crippen LogP contribution in [0.2, 0.25) is 0 Å². The molecule has 0 amide bonds. The highest BCUT2D eigenvalue weighted by atomic mass is 16.6. The fourth-order valence-electron chi connectivity index (χ4n) is 4.25. The van der Waals surface area contributed by atoms with Crippen LogP contribution in [0.5, 0.6) is 28.7 Å². The molecule has 1 N–H and O–H groups in total. The Labute approximate surface area is 204 Å². The lowest BCUT2D eigenvalue weighted by atomic mass is 9.78. The van der Waals surface area contributed by atoms with Crippen molar-refractivity contribution in [1.82, 2.24) is 0 Å². The molecule has 188 valence electrons. The molecule has 0 aliphatic carbocycles. The molecule has 0 fully saturated rings. The molecular formula is C25H30N2O8. The summed E-state index contributed by atoms with van der Waals surface area (Å²) >= 11 is 0. The van der Waals surface area contributed by atoms with Gasteiger partial charge < -0.3 is 28.8 Å². The Balaban J connectivity index is 1.75. The highest BCUT2D eigenvalue weighted by molar-refractivity contribution is 5.59. The summed E-state index contributed by atoms with van der Waals surface area (Å²) in [4.78, 5) is 11.3. The zero-order chi connectivity index (χ0) is 25.6. The number of rotatable bonds is 11. The highest BCUT2D eigenvalue weighted by Gasteiger charge is 2.39. The van der Waals surface area contributed by atoms with Crippen LogP contribution in [0.1, 0.15) is 31.7 Å². The molecule has 35 heavy (non-hydrogen) atoms. The van der Waals surface area contributed by atoms with Crippen molar-refractivity contribution >= 4 is 0 Å². The SMILES string of the molecule is COc1ccc(C(C)(C#N)CCC(O)C(CC2COc3ccccc3O2)[N+](=O)[O-])c(OC)c1OC. The average molecular weight is 487 g/mol. The third-order valence-electron chi connectivity index (χ3n) is 6.27. The fraction of sp³-hybridized carbons (Fsp3) is 0.480. The van der Waals surface area contributed by atoms with Crippen LogP contribution in [0.15, 0.2) is 36.4 Å². The summed E-state index contributed by atoms with van der Waals surface area (Å²) in [6, 6.07) is 11.4. The molecule has 0 bridgehead atoms. The number of nitriles is 1. The Morgan fingerprint density at radius 1 is 1.17 bits per heavy atom. The van der Waals surface area contributed by atoms with Gasteiger partial charge in [-0.2, -0.15) is 5.26 Å². The van der Waals surface area contributed by atoms with E-state index in [-0.39, 0.29) is 25.9 Å². The third-order valence-corrected chi connectivity index (χ3v) is 6.27. The number of fused-ring (bicyclic) bond motifs is 1. The minimum atomic E-state index is -1.30. The standard InChI is InChI=1S/C25H30N2O8/c1-25(15-26,17-9-10-22(31-2)24(33-4)23(17)32-3)12-11-19(28)18(27(29)30)13-16-14-34-20-7-5-6-8-21(20)35-16/h5-10,16,18-19,28H,11-14H2,1-4H3. The first-order chi connectivity index (χ1) is 16.8. The molecule has 0 saturated carbocycles. The molecule has 1 aliphatic heterocycles.